The Morgan fingerprint density at radius 2 is 2.07 bits per heavy atom. The van der Waals surface area contributed by atoms with Gasteiger partial charge in [0.2, 0.25) is 0 Å². The van der Waals surface area contributed by atoms with Crippen LogP contribution in [0, 0.1) is 5.92 Å². The van der Waals surface area contributed by atoms with Gasteiger partial charge in [-0.25, -0.2) is 8.42 Å². The molecule has 2 N–H and O–H groups in total. The van der Waals surface area contributed by atoms with Crippen molar-refractivity contribution in [1.82, 2.24) is 0 Å². The predicted octanol–water partition coefficient (Wildman–Crippen LogP) is 0.508. The third-order valence-corrected chi connectivity index (χ3v) is 3.90. The molecule has 1 rings (SSSR count). The molecular formula is C10H19NO3S. The van der Waals surface area contributed by atoms with Gasteiger partial charge in [0.1, 0.15) is 15.6 Å². The van der Waals surface area contributed by atoms with E-state index < -0.39 is 9.84 Å². The highest BCUT2D eigenvalue weighted by atomic mass is 32.2. The molecule has 1 fully saturated rings. The normalized spacial score (nSPS) is 26.8. The number of nitrogens with two attached hydrogens (primary N) is 1. The second-order valence-electron chi connectivity index (χ2n) is 4.47. The van der Waals surface area contributed by atoms with Crippen molar-refractivity contribution in [2.24, 2.45) is 11.7 Å². The molecule has 0 amide bonds. The van der Waals surface area contributed by atoms with E-state index in [0.717, 1.165) is 19.3 Å². The van der Waals surface area contributed by atoms with Crippen LogP contribution in [-0.2, 0) is 14.6 Å². The molecule has 0 radical (unpaired) electrons. The Hall–Kier alpha value is -0.420. The Balaban J connectivity index is 2.25. The van der Waals surface area contributed by atoms with Gasteiger partial charge in [-0.1, -0.05) is 0 Å². The lowest BCUT2D eigenvalue weighted by Gasteiger charge is -2.07. The molecule has 1 aliphatic rings. The zero-order valence-corrected chi connectivity index (χ0v) is 9.92. The SMILES string of the molecule is CS(=O)(=O)CCCC(=O)C1CCC(N)C1. The summed E-state index contributed by atoms with van der Waals surface area (Å²) in [4.78, 5) is 11.6. The summed E-state index contributed by atoms with van der Waals surface area (Å²) in [7, 11) is -2.93. The zero-order valence-electron chi connectivity index (χ0n) is 9.11. The first kappa shape index (κ1) is 12.6. The predicted molar refractivity (Wildman–Crippen MR) is 59.3 cm³/mol. The molecule has 88 valence electrons. The summed E-state index contributed by atoms with van der Waals surface area (Å²) in [5.41, 5.74) is 5.71. The Morgan fingerprint density at radius 1 is 1.40 bits per heavy atom. The molecule has 1 saturated carbocycles. The quantitative estimate of drug-likeness (QED) is 0.750. The molecule has 2 unspecified atom stereocenters. The van der Waals surface area contributed by atoms with E-state index >= 15 is 0 Å². The minimum Gasteiger partial charge on any atom is -0.328 e. The van der Waals surface area contributed by atoms with Crippen LogP contribution in [0.15, 0.2) is 0 Å². The van der Waals surface area contributed by atoms with Crippen LogP contribution in [0.25, 0.3) is 0 Å². The van der Waals surface area contributed by atoms with Crippen molar-refractivity contribution in [2.45, 2.75) is 38.1 Å². The fourth-order valence-corrected chi connectivity index (χ4v) is 2.69. The molecule has 4 nitrogen and oxygen atoms in total. The van der Waals surface area contributed by atoms with Crippen LogP contribution >= 0.6 is 0 Å². The Bertz CT molecular complexity index is 324. The first-order valence-electron chi connectivity index (χ1n) is 5.34. The van der Waals surface area contributed by atoms with Gasteiger partial charge in [0, 0.05) is 24.6 Å². The van der Waals surface area contributed by atoms with Crippen LogP contribution in [0.5, 0.6) is 0 Å². The van der Waals surface area contributed by atoms with Gasteiger partial charge in [-0.3, -0.25) is 4.79 Å². The minimum absolute atomic E-state index is 0.0829. The molecule has 0 bridgehead atoms. The van der Waals surface area contributed by atoms with Crippen molar-refractivity contribution < 1.29 is 13.2 Å². The lowest BCUT2D eigenvalue weighted by atomic mass is 9.99. The molecule has 2 atom stereocenters. The monoisotopic (exact) mass is 233 g/mol. The topological polar surface area (TPSA) is 77.2 Å². The summed E-state index contributed by atoms with van der Waals surface area (Å²) >= 11 is 0. The van der Waals surface area contributed by atoms with Gasteiger partial charge in [-0.2, -0.15) is 0 Å². The van der Waals surface area contributed by atoms with Gasteiger partial charge in [0.15, 0.2) is 0 Å². The van der Waals surface area contributed by atoms with E-state index in [4.69, 9.17) is 5.73 Å². The molecule has 0 aromatic heterocycles. The van der Waals surface area contributed by atoms with Gasteiger partial charge < -0.3 is 5.73 Å². The van der Waals surface area contributed by atoms with Crippen LogP contribution in [-0.4, -0.2) is 32.3 Å². The van der Waals surface area contributed by atoms with Crippen LogP contribution in [0.2, 0.25) is 0 Å². The number of hydrogen-bond donors (Lipinski definition) is 1. The molecule has 0 saturated heterocycles. The first-order chi connectivity index (χ1) is 6.88. The van der Waals surface area contributed by atoms with E-state index in [1.54, 1.807) is 0 Å². The van der Waals surface area contributed by atoms with E-state index in [-0.39, 0.29) is 23.5 Å². The fourth-order valence-electron chi connectivity index (χ4n) is 2.02. The van der Waals surface area contributed by atoms with Crippen molar-refractivity contribution in [1.29, 1.82) is 0 Å². The first-order valence-corrected chi connectivity index (χ1v) is 7.40. The Labute approximate surface area is 91.1 Å². The molecule has 0 aliphatic heterocycles. The smallest absolute Gasteiger partial charge is 0.147 e. The standard InChI is InChI=1S/C10H19NO3S/c1-15(13,14)6-2-3-10(12)8-4-5-9(11)7-8/h8-9H,2-7,11H2,1H3. The summed E-state index contributed by atoms with van der Waals surface area (Å²) in [6.45, 7) is 0. The molecule has 0 spiro atoms. The van der Waals surface area contributed by atoms with E-state index in [1.807, 2.05) is 0 Å². The third kappa shape index (κ3) is 4.75. The summed E-state index contributed by atoms with van der Waals surface area (Å²) in [5, 5.41) is 0. The van der Waals surface area contributed by atoms with Crippen molar-refractivity contribution in [2.75, 3.05) is 12.0 Å². The number of carbonyl (C=O) groups is 1. The van der Waals surface area contributed by atoms with E-state index in [0.29, 0.717) is 12.8 Å². The van der Waals surface area contributed by atoms with Gasteiger partial charge in [-0.15, -0.1) is 0 Å². The number of hydrogen-bond acceptors (Lipinski definition) is 4. The summed E-state index contributed by atoms with van der Waals surface area (Å²) < 4.78 is 21.7. The van der Waals surface area contributed by atoms with Gasteiger partial charge in [0.25, 0.3) is 0 Å². The number of carbonyl (C=O) groups excluding carboxylic acids is 1. The maximum atomic E-state index is 11.6. The van der Waals surface area contributed by atoms with Crippen LogP contribution < -0.4 is 5.73 Å². The largest absolute Gasteiger partial charge is 0.328 e. The minimum atomic E-state index is -2.93. The molecule has 1 aliphatic carbocycles. The highest BCUT2D eigenvalue weighted by molar-refractivity contribution is 7.90. The molecule has 5 heteroatoms. The van der Waals surface area contributed by atoms with Crippen LogP contribution in [0.1, 0.15) is 32.1 Å². The summed E-state index contributed by atoms with van der Waals surface area (Å²) in [6.07, 6.45) is 4.59. The summed E-state index contributed by atoms with van der Waals surface area (Å²) in [5.74, 6) is 0.378. The van der Waals surface area contributed by atoms with Gasteiger partial charge in [-0.05, 0) is 25.7 Å². The maximum Gasteiger partial charge on any atom is 0.147 e. The highest BCUT2D eigenvalue weighted by Gasteiger charge is 2.27. The third-order valence-electron chi connectivity index (χ3n) is 2.87. The van der Waals surface area contributed by atoms with Crippen molar-refractivity contribution in [3.63, 3.8) is 0 Å². The van der Waals surface area contributed by atoms with Crippen molar-refractivity contribution in [3.05, 3.63) is 0 Å². The van der Waals surface area contributed by atoms with Crippen LogP contribution in [0.3, 0.4) is 0 Å². The molecular weight excluding hydrogens is 214 g/mol. The van der Waals surface area contributed by atoms with Gasteiger partial charge >= 0.3 is 0 Å². The lowest BCUT2D eigenvalue weighted by Crippen LogP contribution is -2.18. The van der Waals surface area contributed by atoms with E-state index in [9.17, 15) is 13.2 Å². The molecule has 0 aromatic carbocycles. The average Bonchev–Trinajstić information content (AvgIpc) is 2.49. The van der Waals surface area contributed by atoms with Crippen molar-refractivity contribution >= 4 is 15.6 Å². The van der Waals surface area contributed by atoms with E-state index in [1.165, 1.54) is 6.26 Å². The molecule has 0 heterocycles. The number of rotatable bonds is 5. The van der Waals surface area contributed by atoms with E-state index in [2.05, 4.69) is 0 Å². The van der Waals surface area contributed by atoms with Crippen LogP contribution in [0.4, 0.5) is 0 Å². The van der Waals surface area contributed by atoms with Crippen molar-refractivity contribution in [3.8, 4) is 0 Å². The second kappa shape index (κ2) is 5.07. The summed E-state index contributed by atoms with van der Waals surface area (Å²) in [6, 6.07) is 0.161. The second-order valence-corrected chi connectivity index (χ2v) is 6.73. The Morgan fingerprint density at radius 3 is 2.53 bits per heavy atom. The van der Waals surface area contributed by atoms with Gasteiger partial charge in [0.05, 0.1) is 5.75 Å². The molecule has 15 heavy (non-hydrogen) atoms. The molecule has 0 aromatic rings. The highest BCUT2D eigenvalue weighted by Crippen LogP contribution is 2.26. The zero-order chi connectivity index (χ0) is 11.5. The number of ketones is 1. The average molecular weight is 233 g/mol. The number of sulfone groups is 1. The maximum absolute atomic E-state index is 11.6. The fraction of sp³-hybridized carbons (Fsp3) is 0.900. The lowest BCUT2D eigenvalue weighted by molar-refractivity contribution is -0.122. The Kier molecular flexibility index (Phi) is 4.28. The number of Topliss-reactive ketones (excluding diaryl/α,β-unsaturated/α-hetero) is 1.